The fraction of sp³-hybridized carbons (Fsp3) is 0.429. The van der Waals surface area contributed by atoms with Crippen LogP contribution in [0.15, 0.2) is 22.7 Å². The van der Waals surface area contributed by atoms with Crippen LogP contribution >= 0.6 is 15.9 Å². The molecular formula is C14H15BrFNO3. The molecule has 108 valence electrons. The topological polar surface area (TPSA) is 57.6 Å². The summed E-state index contributed by atoms with van der Waals surface area (Å²) >= 11 is 3.04. The number of amides is 2. The Morgan fingerprint density at radius 2 is 1.85 bits per heavy atom. The summed E-state index contributed by atoms with van der Waals surface area (Å²) in [5.41, 5.74) is 0.450. The van der Waals surface area contributed by atoms with Crippen LogP contribution in [0.5, 0.6) is 0 Å². The van der Waals surface area contributed by atoms with E-state index in [-0.39, 0.29) is 34.7 Å². The van der Waals surface area contributed by atoms with Crippen molar-refractivity contribution in [3.8, 4) is 0 Å². The van der Waals surface area contributed by atoms with Gasteiger partial charge in [0.15, 0.2) is 0 Å². The van der Waals surface area contributed by atoms with Crippen LogP contribution in [0.2, 0.25) is 0 Å². The Hall–Kier alpha value is -1.27. The first-order chi connectivity index (χ1) is 9.32. The Kier molecular flexibility index (Phi) is 4.25. The van der Waals surface area contributed by atoms with Gasteiger partial charge in [0.1, 0.15) is 5.82 Å². The number of hydrogen-bond donors (Lipinski definition) is 1. The second-order valence-electron chi connectivity index (χ2n) is 5.05. The summed E-state index contributed by atoms with van der Waals surface area (Å²) in [5.74, 6) is -1.72. The number of carbonyl (C=O) groups excluding carboxylic acids is 2. The average Bonchev–Trinajstić information content (AvgIpc) is 2.59. The maximum atomic E-state index is 13.1. The number of likely N-dealkylation sites (tertiary alicyclic amines) is 1. The molecule has 4 nitrogen and oxygen atoms in total. The second-order valence-corrected chi connectivity index (χ2v) is 5.91. The first-order valence-electron chi connectivity index (χ1n) is 6.31. The van der Waals surface area contributed by atoms with Crippen molar-refractivity contribution in [1.82, 2.24) is 4.90 Å². The molecule has 6 heteroatoms. The van der Waals surface area contributed by atoms with Gasteiger partial charge in [-0.25, -0.2) is 4.39 Å². The maximum Gasteiger partial charge on any atom is 0.232 e. The average molecular weight is 344 g/mol. The molecule has 0 radical (unpaired) electrons. The van der Waals surface area contributed by atoms with Gasteiger partial charge in [-0.2, -0.15) is 0 Å². The van der Waals surface area contributed by atoms with Crippen LogP contribution in [0, 0.1) is 17.7 Å². The molecule has 0 aliphatic carbocycles. The lowest BCUT2D eigenvalue weighted by Crippen LogP contribution is -2.34. The van der Waals surface area contributed by atoms with Crippen LogP contribution in [0.4, 0.5) is 4.39 Å². The van der Waals surface area contributed by atoms with E-state index >= 15 is 0 Å². The van der Waals surface area contributed by atoms with Gasteiger partial charge in [0, 0.05) is 11.8 Å². The summed E-state index contributed by atoms with van der Waals surface area (Å²) in [6.07, 6.45) is -1.03. The third kappa shape index (κ3) is 2.62. The third-order valence-electron chi connectivity index (χ3n) is 3.75. The van der Waals surface area contributed by atoms with E-state index < -0.39 is 11.9 Å². The van der Waals surface area contributed by atoms with E-state index in [2.05, 4.69) is 15.9 Å². The zero-order valence-electron chi connectivity index (χ0n) is 11.1. The zero-order valence-corrected chi connectivity index (χ0v) is 12.7. The van der Waals surface area contributed by atoms with Gasteiger partial charge in [-0.1, -0.05) is 19.9 Å². The minimum atomic E-state index is -1.03. The third-order valence-corrected chi connectivity index (χ3v) is 4.35. The molecule has 2 rings (SSSR count). The number of nitrogens with zero attached hydrogens (tertiary/aromatic N) is 1. The molecule has 1 aliphatic rings. The van der Waals surface area contributed by atoms with Gasteiger partial charge in [0.2, 0.25) is 11.8 Å². The Morgan fingerprint density at radius 1 is 1.30 bits per heavy atom. The SMILES string of the molecule is C[C@@H]1C(=O)N(C[C@H](O)c2ccc(F)c(Br)c2)C(=O)[C@@H]1C. The van der Waals surface area contributed by atoms with Crippen molar-refractivity contribution in [2.45, 2.75) is 20.0 Å². The minimum absolute atomic E-state index is 0.107. The number of rotatable bonds is 3. The normalized spacial score (nSPS) is 24.4. The standard InChI is InChI=1S/C14H15BrFNO3/c1-7-8(2)14(20)17(13(7)19)6-12(18)9-3-4-11(16)10(15)5-9/h3-5,7-8,12,18H,6H2,1-2H3/t7-,8+,12-/m0/s1. The van der Waals surface area contributed by atoms with E-state index in [1.807, 2.05) is 0 Å². The monoisotopic (exact) mass is 343 g/mol. The summed E-state index contributed by atoms with van der Waals surface area (Å²) in [6.45, 7) is 3.29. The van der Waals surface area contributed by atoms with Crippen LogP contribution in [-0.4, -0.2) is 28.4 Å². The van der Waals surface area contributed by atoms with Crippen molar-refractivity contribution in [2.24, 2.45) is 11.8 Å². The number of β-amino-alcohol motifs (C(OH)–C–C–N with tert-alkyl or cyclic N) is 1. The molecule has 3 atom stereocenters. The number of aliphatic hydroxyl groups excluding tert-OH is 1. The van der Waals surface area contributed by atoms with Gasteiger partial charge in [0.05, 0.1) is 17.1 Å². The predicted molar refractivity (Wildman–Crippen MR) is 74.1 cm³/mol. The van der Waals surface area contributed by atoms with E-state index in [4.69, 9.17) is 0 Å². The van der Waals surface area contributed by atoms with E-state index in [0.717, 1.165) is 4.90 Å². The Balaban J connectivity index is 2.15. The fourth-order valence-corrected chi connectivity index (χ4v) is 2.60. The smallest absolute Gasteiger partial charge is 0.232 e. The van der Waals surface area contributed by atoms with Crippen molar-refractivity contribution in [2.75, 3.05) is 6.54 Å². The van der Waals surface area contributed by atoms with E-state index in [1.165, 1.54) is 18.2 Å². The molecule has 0 aromatic heterocycles. The van der Waals surface area contributed by atoms with Gasteiger partial charge >= 0.3 is 0 Å². The predicted octanol–water partition coefficient (Wildman–Crippen LogP) is 2.26. The van der Waals surface area contributed by atoms with Crippen LogP contribution in [0.3, 0.4) is 0 Å². The van der Waals surface area contributed by atoms with Crippen molar-refractivity contribution in [3.63, 3.8) is 0 Å². The summed E-state index contributed by atoms with van der Waals surface area (Å²) in [5, 5.41) is 10.1. The number of hydrogen-bond acceptors (Lipinski definition) is 3. The van der Waals surface area contributed by atoms with E-state index in [9.17, 15) is 19.1 Å². The summed E-state index contributed by atoms with van der Waals surface area (Å²) < 4.78 is 13.4. The first kappa shape index (κ1) is 15.1. The molecule has 1 aromatic carbocycles. The van der Waals surface area contributed by atoms with Crippen molar-refractivity contribution >= 4 is 27.7 Å². The Bertz CT molecular complexity index is 543. The number of aliphatic hydroxyl groups is 1. The van der Waals surface area contributed by atoms with Gasteiger partial charge in [-0.3, -0.25) is 14.5 Å². The molecule has 2 amide bonds. The van der Waals surface area contributed by atoms with Crippen molar-refractivity contribution < 1.29 is 19.1 Å². The molecule has 20 heavy (non-hydrogen) atoms. The Labute approximate surface area is 124 Å². The summed E-state index contributed by atoms with van der Waals surface area (Å²) in [6, 6.07) is 4.10. The Morgan fingerprint density at radius 3 is 2.35 bits per heavy atom. The summed E-state index contributed by atoms with van der Waals surface area (Å²) in [7, 11) is 0. The molecule has 0 bridgehead atoms. The van der Waals surface area contributed by atoms with Crippen LogP contribution < -0.4 is 0 Å². The lowest BCUT2D eigenvalue weighted by Gasteiger charge is -2.19. The number of imide groups is 1. The molecule has 1 saturated heterocycles. The van der Waals surface area contributed by atoms with Crippen LogP contribution in [-0.2, 0) is 9.59 Å². The lowest BCUT2D eigenvalue weighted by molar-refractivity contribution is -0.141. The molecule has 0 saturated carbocycles. The van der Waals surface area contributed by atoms with Crippen molar-refractivity contribution in [3.05, 3.63) is 34.1 Å². The van der Waals surface area contributed by atoms with Gasteiger partial charge in [-0.05, 0) is 33.6 Å². The number of halogens is 2. The summed E-state index contributed by atoms with van der Waals surface area (Å²) in [4.78, 5) is 25.0. The molecule has 1 aromatic rings. The first-order valence-corrected chi connectivity index (χ1v) is 7.10. The van der Waals surface area contributed by atoms with E-state index in [1.54, 1.807) is 13.8 Å². The van der Waals surface area contributed by atoms with Crippen LogP contribution in [0.25, 0.3) is 0 Å². The molecule has 0 unspecified atom stereocenters. The minimum Gasteiger partial charge on any atom is -0.387 e. The van der Waals surface area contributed by atoms with Gasteiger partial charge in [0.25, 0.3) is 0 Å². The van der Waals surface area contributed by atoms with Gasteiger partial charge < -0.3 is 5.11 Å². The van der Waals surface area contributed by atoms with Gasteiger partial charge in [-0.15, -0.1) is 0 Å². The highest BCUT2D eigenvalue weighted by atomic mass is 79.9. The maximum absolute atomic E-state index is 13.1. The number of benzene rings is 1. The lowest BCUT2D eigenvalue weighted by atomic mass is 10.00. The molecule has 1 N–H and O–H groups in total. The molecule has 0 spiro atoms. The highest BCUT2D eigenvalue weighted by Crippen LogP contribution is 2.28. The highest BCUT2D eigenvalue weighted by molar-refractivity contribution is 9.10. The van der Waals surface area contributed by atoms with Crippen molar-refractivity contribution in [1.29, 1.82) is 0 Å². The largest absolute Gasteiger partial charge is 0.387 e. The van der Waals surface area contributed by atoms with E-state index in [0.29, 0.717) is 5.56 Å². The number of carbonyl (C=O) groups is 2. The molecule has 1 fully saturated rings. The zero-order chi connectivity index (χ0) is 15.0. The molecule has 1 heterocycles. The highest BCUT2D eigenvalue weighted by Gasteiger charge is 2.42. The second kappa shape index (κ2) is 5.61. The molecular weight excluding hydrogens is 329 g/mol. The fourth-order valence-electron chi connectivity index (χ4n) is 2.21. The molecule has 1 aliphatic heterocycles. The quantitative estimate of drug-likeness (QED) is 0.856. The van der Waals surface area contributed by atoms with Crippen LogP contribution in [0.1, 0.15) is 25.5 Å².